The molecule has 5 rings (SSSR count). The van der Waals surface area contributed by atoms with Crippen molar-refractivity contribution < 1.29 is 0 Å². The molecule has 0 N–H and O–H groups in total. The zero-order chi connectivity index (χ0) is 22.8. The molecule has 0 fully saturated rings. The summed E-state index contributed by atoms with van der Waals surface area (Å²) in [6, 6.07) is 23.9. The molecule has 1 unspecified atom stereocenters. The molecule has 2 aromatic carbocycles. The predicted octanol–water partition coefficient (Wildman–Crippen LogP) is 4.91. The van der Waals surface area contributed by atoms with Crippen LogP contribution in [0, 0.1) is 6.92 Å². The van der Waals surface area contributed by atoms with Crippen LogP contribution in [0.15, 0.2) is 88.3 Å². The summed E-state index contributed by atoms with van der Waals surface area (Å²) < 4.78 is 2.89. The fourth-order valence-electron chi connectivity index (χ4n) is 4.58. The fraction of sp³-hybridized carbons (Fsp3) is 0.222. The minimum absolute atomic E-state index is 0.0255. The molecular weight excluding hydrogens is 476 g/mol. The van der Waals surface area contributed by atoms with Gasteiger partial charge in [-0.1, -0.05) is 64.5 Å². The van der Waals surface area contributed by atoms with Crippen molar-refractivity contribution in [3.8, 4) is 0 Å². The number of halogens is 1. The highest BCUT2D eigenvalue weighted by Crippen LogP contribution is 2.26. The topological polar surface area (TPSA) is 51.0 Å². The Kier molecular flexibility index (Phi) is 6.20. The van der Waals surface area contributed by atoms with Crippen molar-refractivity contribution in [3.63, 3.8) is 0 Å². The van der Waals surface area contributed by atoms with Gasteiger partial charge in [-0.2, -0.15) is 0 Å². The van der Waals surface area contributed by atoms with E-state index in [1.54, 1.807) is 6.20 Å². The van der Waals surface area contributed by atoms with Crippen LogP contribution in [0.1, 0.15) is 39.9 Å². The molecule has 166 valence electrons. The molecule has 6 heteroatoms. The van der Waals surface area contributed by atoms with Crippen LogP contribution in [-0.2, 0) is 19.5 Å². The Balaban J connectivity index is 1.55. The van der Waals surface area contributed by atoms with Crippen molar-refractivity contribution in [2.24, 2.45) is 0 Å². The van der Waals surface area contributed by atoms with E-state index in [4.69, 9.17) is 4.98 Å². The van der Waals surface area contributed by atoms with Gasteiger partial charge < -0.3 is 0 Å². The van der Waals surface area contributed by atoms with E-state index in [1.165, 1.54) is 5.56 Å². The van der Waals surface area contributed by atoms with Gasteiger partial charge >= 0.3 is 0 Å². The average molecular weight is 501 g/mol. The van der Waals surface area contributed by atoms with E-state index in [0.717, 1.165) is 52.3 Å². The molecule has 5 nitrogen and oxygen atoms in total. The molecule has 0 saturated heterocycles. The molecule has 0 amide bonds. The highest BCUT2D eigenvalue weighted by atomic mass is 79.9. The van der Waals surface area contributed by atoms with Crippen molar-refractivity contribution in [2.75, 3.05) is 6.54 Å². The maximum Gasteiger partial charge on any atom is 0.259 e. The van der Waals surface area contributed by atoms with E-state index in [1.807, 2.05) is 60.0 Å². The summed E-state index contributed by atoms with van der Waals surface area (Å²) in [7, 11) is 0. The van der Waals surface area contributed by atoms with E-state index >= 15 is 0 Å². The molecule has 0 bridgehead atoms. The van der Waals surface area contributed by atoms with Crippen molar-refractivity contribution in [1.82, 2.24) is 19.4 Å². The SMILES string of the molecule is Cc1nc2c(c(=O)n1C(c1ccccc1)c1ccccn1)CN(Cc1ccc(Br)cc1)CC2. The lowest BCUT2D eigenvalue weighted by molar-refractivity contribution is 0.240. The molecule has 0 saturated carbocycles. The van der Waals surface area contributed by atoms with Crippen LogP contribution in [0.4, 0.5) is 0 Å². The first-order chi connectivity index (χ1) is 16.1. The second kappa shape index (κ2) is 9.41. The van der Waals surface area contributed by atoms with Gasteiger partial charge in [-0.25, -0.2) is 4.98 Å². The van der Waals surface area contributed by atoms with Gasteiger partial charge in [0.2, 0.25) is 0 Å². The Hall–Kier alpha value is -3.09. The molecule has 0 radical (unpaired) electrons. The highest BCUT2D eigenvalue weighted by Gasteiger charge is 2.27. The Morgan fingerprint density at radius 1 is 1.00 bits per heavy atom. The summed E-state index contributed by atoms with van der Waals surface area (Å²) in [5, 5.41) is 0. The summed E-state index contributed by atoms with van der Waals surface area (Å²) >= 11 is 3.50. The third-order valence-corrected chi connectivity index (χ3v) is 6.71. The van der Waals surface area contributed by atoms with Crippen LogP contribution in [-0.4, -0.2) is 26.0 Å². The molecular formula is C27H25BrN4O. The normalized spacial score (nSPS) is 14.6. The van der Waals surface area contributed by atoms with Crippen LogP contribution < -0.4 is 5.56 Å². The molecule has 0 spiro atoms. The van der Waals surface area contributed by atoms with Crippen LogP contribution in [0.25, 0.3) is 0 Å². The second-order valence-corrected chi connectivity index (χ2v) is 9.33. The molecule has 3 heterocycles. The van der Waals surface area contributed by atoms with Gasteiger partial charge in [-0.3, -0.25) is 19.2 Å². The maximum absolute atomic E-state index is 13.9. The van der Waals surface area contributed by atoms with Crippen molar-refractivity contribution in [3.05, 3.63) is 128 Å². The zero-order valence-corrected chi connectivity index (χ0v) is 20.1. The van der Waals surface area contributed by atoms with Crippen LogP contribution in [0.5, 0.6) is 0 Å². The lowest BCUT2D eigenvalue weighted by atomic mass is 10.0. The first-order valence-electron chi connectivity index (χ1n) is 11.1. The largest absolute Gasteiger partial charge is 0.294 e. The van der Waals surface area contributed by atoms with Gasteiger partial charge in [-0.15, -0.1) is 0 Å². The zero-order valence-electron chi connectivity index (χ0n) is 18.5. The van der Waals surface area contributed by atoms with Gasteiger partial charge in [0.25, 0.3) is 5.56 Å². The predicted molar refractivity (Wildman–Crippen MR) is 133 cm³/mol. The van der Waals surface area contributed by atoms with Gasteiger partial charge in [0.05, 0.1) is 17.0 Å². The lowest BCUT2D eigenvalue weighted by Gasteiger charge is -2.30. The van der Waals surface area contributed by atoms with E-state index in [2.05, 4.69) is 50.1 Å². The molecule has 1 aliphatic heterocycles. The van der Waals surface area contributed by atoms with E-state index in [9.17, 15) is 4.79 Å². The number of pyridine rings is 1. The number of fused-ring (bicyclic) bond motifs is 1. The number of benzene rings is 2. The minimum atomic E-state index is -0.320. The van der Waals surface area contributed by atoms with E-state index in [0.29, 0.717) is 6.54 Å². The van der Waals surface area contributed by atoms with Crippen molar-refractivity contribution >= 4 is 15.9 Å². The Labute approximate surface area is 201 Å². The lowest BCUT2D eigenvalue weighted by Crippen LogP contribution is -2.40. The van der Waals surface area contributed by atoms with Crippen molar-refractivity contribution in [2.45, 2.75) is 32.5 Å². The fourth-order valence-corrected chi connectivity index (χ4v) is 4.84. The van der Waals surface area contributed by atoms with Crippen molar-refractivity contribution in [1.29, 1.82) is 0 Å². The van der Waals surface area contributed by atoms with E-state index < -0.39 is 0 Å². The third kappa shape index (κ3) is 4.54. The second-order valence-electron chi connectivity index (χ2n) is 8.41. The van der Waals surface area contributed by atoms with Crippen LogP contribution >= 0.6 is 15.9 Å². The number of hydrogen-bond acceptors (Lipinski definition) is 4. The number of rotatable bonds is 5. The molecule has 0 aliphatic carbocycles. The van der Waals surface area contributed by atoms with Gasteiger partial charge in [0.1, 0.15) is 11.9 Å². The van der Waals surface area contributed by atoms with Gasteiger partial charge in [-0.05, 0) is 42.3 Å². The summed E-state index contributed by atoms with van der Waals surface area (Å²) in [4.78, 5) is 25.8. The van der Waals surface area contributed by atoms with Gasteiger partial charge in [0.15, 0.2) is 0 Å². The summed E-state index contributed by atoms with van der Waals surface area (Å²) in [6.07, 6.45) is 2.56. The van der Waals surface area contributed by atoms with Crippen LogP contribution in [0.2, 0.25) is 0 Å². The minimum Gasteiger partial charge on any atom is -0.294 e. The Morgan fingerprint density at radius 2 is 1.76 bits per heavy atom. The monoisotopic (exact) mass is 500 g/mol. The molecule has 1 aliphatic rings. The quantitative estimate of drug-likeness (QED) is 0.390. The Morgan fingerprint density at radius 3 is 2.48 bits per heavy atom. The standard InChI is InChI=1S/C27H25BrN4O/c1-19-30-24-14-16-31(17-20-10-12-22(28)13-11-20)18-23(24)27(33)32(19)26(21-7-3-2-4-8-21)25-9-5-6-15-29-25/h2-13,15,26H,14,16-18H2,1H3. The maximum atomic E-state index is 13.9. The average Bonchev–Trinajstić information content (AvgIpc) is 2.85. The summed E-state index contributed by atoms with van der Waals surface area (Å²) in [5.74, 6) is 0.722. The highest BCUT2D eigenvalue weighted by molar-refractivity contribution is 9.10. The molecule has 4 aromatic rings. The van der Waals surface area contributed by atoms with Gasteiger partial charge in [0, 0.05) is 36.7 Å². The first kappa shape index (κ1) is 21.7. The first-order valence-corrected chi connectivity index (χ1v) is 11.9. The number of aromatic nitrogens is 3. The smallest absolute Gasteiger partial charge is 0.259 e. The number of hydrogen-bond donors (Lipinski definition) is 0. The summed E-state index contributed by atoms with van der Waals surface area (Å²) in [6.45, 7) is 4.22. The Bertz CT molecular complexity index is 1260. The number of nitrogens with zero attached hydrogens (tertiary/aromatic N) is 4. The van der Waals surface area contributed by atoms with Crippen LogP contribution in [0.3, 0.4) is 0 Å². The third-order valence-electron chi connectivity index (χ3n) is 6.18. The molecule has 33 heavy (non-hydrogen) atoms. The number of aryl methyl sites for hydroxylation is 1. The summed E-state index contributed by atoms with van der Waals surface area (Å²) in [5.41, 5.74) is 4.83. The van der Waals surface area contributed by atoms with E-state index in [-0.39, 0.29) is 11.6 Å². The molecule has 1 atom stereocenters. The molecule has 2 aromatic heterocycles.